The molecule has 3 aliphatic rings. The van der Waals surface area contributed by atoms with Crippen LogP contribution >= 0.6 is 0 Å². The second-order valence-corrected chi connectivity index (χ2v) is 6.04. The zero-order chi connectivity index (χ0) is 11.3. The number of carbonyl (C=O) groups excluding carboxylic acids is 1. The van der Waals surface area contributed by atoms with Gasteiger partial charge in [-0.05, 0) is 29.6 Å². The molecule has 2 fully saturated rings. The van der Waals surface area contributed by atoms with Crippen molar-refractivity contribution in [2.24, 2.45) is 23.2 Å². The van der Waals surface area contributed by atoms with Crippen molar-refractivity contribution in [1.82, 2.24) is 0 Å². The van der Waals surface area contributed by atoms with Gasteiger partial charge in [0.2, 0.25) is 0 Å². The van der Waals surface area contributed by atoms with Gasteiger partial charge >= 0.3 is 0 Å². The minimum atomic E-state index is 0.291. The first-order chi connectivity index (χ1) is 7.61. The summed E-state index contributed by atoms with van der Waals surface area (Å²) >= 11 is 0. The minimum absolute atomic E-state index is 0.291. The Morgan fingerprint density at radius 3 is 2.88 bits per heavy atom. The van der Waals surface area contributed by atoms with Crippen LogP contribution in [0.15, 0.2) is 23.8 Å². The predicted molar refractivity (Wildman–Crippen MR) is 64.9 cm³/mol. The first-order valence-corrected chi connectivity index (χ1v) is 6.55. The number of carbonyl (C=O) groups is 1. The Morgan fingerprint density at radius 2 is 2.25 bits per heavy atom. The molecule has 0 bridgehead atoms. The van der Waals surface area contributed by atoms with Gasteiger partial charge in [-0.1, -0.05) is 44.9 Å². The quantitative estimate of drug-likeness (QED) is 0.702. The van der Waals surface area contributed by atoms with Crippen molar-refractivity contribution in [3.63, 3.8) is 0 Å². The van der Waals surface area contributed by atoms with E-state index in [2.05, 4.69) is 32.1 Å². The third-order valence-corrected chi connectivity index (χ3v) is 4.88. The zero-order valence-electron chi connectivity index (χ0n) is 10.2. The largest absolute Gasteiger partial charge is 0.294 e. The maximum absolute atomic E-state index is 12.0. The Balaban J connectivity index is 1.66. The molecule has 0 amide bonds. The molecule has 0 aromatic carbocycles. The Morgan fingerprint density at radius 1 is 1.50 bits per heavy atom. The van der Waals surface area contributed by atoms with E-state index < -0.39 is 0 Å². The lowest BCUT2D eigenvalue weighted by atomic mass is 9.93. The Labute approximate surface area is 97.6 Å². The molecule has 3 aliphatic carbocycles. The Hall–Kier alpha value is -0.850. The fourth-order valence-corrected chi connectivity index (χ4v) is 3.05. The standard InChI is InChI=1S/C15H20O/c1-10-13-7-6-12(9-15(10,13)2)14(16)8-5-11-3-4-11/h6-7,9-11,13H,3-5,8H2,1-2H3. The van der Waals surface area contributed by atoms with Gasteiger partial charge in [0.05, 0.1) is 0 Å². The second kappa shape index (κ2) is 3.32. The number of fused-ring (bicyclic) bond motifs is 1. The molecule has 0 aromatic heterocycles. The fourth-order valence-electron chi connectivity index (χ4n) is 3.05. The summed E-state index contributed by atoms with van der Waals surface area (Å²) in [4.78, 5) is 12.0. The highest BCUT2D eigenvalue weighted by molar-refractivity contribution is 5.98. The summed E-state index contributed by atoms with van der Waals surface area (Å²) in [6.45, 7) is 4.56. The van der Waals surface area contributed by atoms with Crippen molar-refractivity contribution in [2.45, 2.75) is 39.5 Å². The molecule has 0 aliphatic heterocycles. The highest BCUT2D eigenvalue weighted by Crippen LogP contribution is 2.62. The molecular formula is C15H20O. The van der Waals surface area contributed by atoms with Gasteiger partial charge in [0.1, 0.15) is 0 Å². The second-order valence-electron chi connectivity index (χ2n) is 6.04. The van der Waals surface area contributed by atoms with Crippen LogP contribution in [-0.2, 0) is 4.79 Å². The lowest BCUT2D eigenvalue weighted by Crippen LogP contribution is -2.07. The summed E-state index contributed by atoms with van der Waals surface area (Å²) in [5.41, 5.74) is 1.27. The maximum Gasteiger partial charge on any atom is 0.162 e. The van der Waals surface area contributed by atoms with E-state index in [1.165, 1.54) is 12.8 Å². The van der Waals surface area contributed by atoms with Crippen LogP contribution in [0.25, 0.3) is 0 Å². The molecule has 0 saturated heterocycles. The SMILES string of the molecule is CC1C2C=CC(C(=O)CCC3CC3)=CC12C. The van der Waals surface area contributed by atoms with Gasteiger partial charge in [0.25, 0.3) is 0 Å². The van der Waals surface area contributed by atoms with Gasteiger partial charge in [0, 0.05) is 12.0 Å². The molecule has 0 radical (unpaired) electrons. The lowest BCUT2D eigenvalue weighted by molar-refractivity contribution is -0.115. The van der Waals surface area contributed by atoms with Crippen molar-refractivity contribution in [3.05, 3.63) is 23.8 Å². The van der Waals surface area contributed by atoms with Gasteiger partial charge in [-0.2, -0.15) is 0 Å². The predicted octanol–water partition coefficient (Wildman–Crippen LogP) is 3.51. The number of hydrogen-bond donors (Lipinski definition) is 0. The third kappa shape index (κ3) is 1.57. The molecule has 0 heterocycles. The molecule has 3 rings (SSSR count). The summed E-state index contributed by atoms with van der Waals surface area (Å²) in [5, 5.41) is 0. The maximum atomic E-state index is 12.0. The number of Topliss-reactive ketones (excluding diaryl/α,β-unsaturated/α-hetero) is 1. The first-order valence-electron chi connectivity index (χ1n) is 6.55. The van der Waals surface area contributed by atoms with Crippen molar-refractivity contribution >= 4 is 5.78 Å². The number of ketones is 1. The van der Waals surface area contributed by atoms with E-state index in [4.69, 9.17) is 0 Å². The van der Waals surface area contributed by atoms with Gasteiger partial charge in [-0.25, -0.2) is 0 Å². The average molecular weight is 216 g/mol. The van der Waals surface area contributed by atoms with Crippen LogP contribution in [0.5, 0.6) is 0 Å². The fraction of sp³-hybridized carbons (Fsp3) is 0.667. The van der Waals surface area contributed by atoms with Crippen molar-refractivity contribution in [1.29, 1.82) is 0 Å². The van der Waals surface area contributed by atoms with Crippen LogP contribution < -0.4 is 0 Å². The summed E-state index contributed by atoms with van der Waals surface area (Å²) in [6.07, 6.45) is 11.1. The molecular weight excluding hydrogens is 196 g/mol. The van der Waals surface area contributed by atoms with Crippen LogP contribution in [0.4, 0.5) is 0 Å². The molecule has 3 unspecified atom stereocenters. The van der Waals surface area contributed by atoms with E-state index in [0.29, 0.717) is 17.1 Å². The van der Waals surface area contributed by atoms with Gasteiger partial charge < -0.3 is 0 Å². The van der Waals surface area contributed by atoms with E-state index in [9.17, 15) is 4.79 Å². The normalized spacial score (nSPS) is 40.2. The monoisotopic (exact) mass is 216 g/mol. The summed E-state index contributed by atoms with van der Waals surface area (Å²) < 4.78 is 0. The molecule has 86 valence electrons. The minimum Gasteiger partial charge on any atom is -0.294 e. The molecule has 3 atom stereocenters. The molecule has 16 heavy (non-hydrogen) atoms. The van der Waals surface area contributed by atoms with Gasteiger partial charge in [0.15, 0.2) is 5.78 Å². The van der Waals surface area contributed by atoms with Crippen LogP contribution in [0.1, 0.15) is 39.5 Å². The summed E-state index contributed by atoms with van der Waals surface area (Å²) in [6, 6.07) is 0. The van der Waals surface area contributed by atoms with Gasteiger partial charge in [-0.3, -0.25) is 4.79 Å². The average Bonchev–Trinajstić information content (AvgIpc) is 3.15. The molecule has 2 saturated carbocycles. The van der Waals surface area contributed by atoms with E-state index in [-0.39, 0.29) is 0 Å². The van der Waals surface area contributed by atoms with Crippen molar-refractivity contribution in [2.75, 3.05) is 0 Å². The number of allylic oxidation sites excluding steroid dienone is 4. The van der Waals surface area contributed by atoms with Crippen molar-refractivity contribution < 1.29 is 4.79 Å². The van der Waals surface area contributed by atoms with E-state index >= 15 is 0 Å². The number of rotatable bonds is 4. The highest BCUT2D eigenvalue weighted by atomic mass is 16.1. The van der Waals surface area contributed by atoms with Crippen molar-refractivity contribution in [3.8, 4) is 0 Å². The molecule has 0 spiro atoms. The lowest BCUT2D eigenvalue weighted by Gasteiger charge is -2.11. The zero-order valence-corrected chi connectivity index (χ0v) is 10.2. The van der Waals surface area contributed by atoms with Crippen LogP contribution in [-0.4, -0.2) is 5.78 Å². The third-order valence-electron chi connectivity index (χ3n) is 4.88. The highest BCUT2D eigenvalue weighted by Gasteiger charge is 2.56. The Kier molecular flexibility index (Phi) is 2.14. The topological polar surface area (TPSA) is 17.1 Å². The van der Waals surface area contributed by atoms with Crippen LogP contribution in [0, 0.1) is 23.2 Å². The molecule has 0 N–H and O–H groups in total. The Bertz CT molecular complexity index is 386. The number of hydrogen-bond acceptors (Lipinski definition) is 1. The summed E-state index contributed by atoms with van der Waals surface area (Å²) in [7, 11) is 0. The van der Waals surface area contributed by atoms with E-state index in [1.807, 2.05) is 0 Å². The van der Waals surface area contributed by atoms with Crippen LogP contribution in [0.3, 0.4) is 0 Å². The van der Waals surface area contributed by atoms with E-state index in [1.54, 1.807) is 0 Å². The first kappa shape index (κ1) is 10.3. The van der Waals surface area contributed by atoms with E-state index in [0.717, 1.165) is 30.3 Å². The summed E-state index contributed by atoms with van der Waals surface area (Å²) in [5.74, 6) is 2.63. The molecule has 1 nitrogen and oxygen atoms in total. The van der Waals surface area contributed by atoms with Crippen LogP contribution in [0.2, 0.25) is 0 Å². The van der Waals surface area contributed by atoms with Gasteiger partial charge in [-0.15, -0.1) is 0 Å². The molecule has 1 heteroatoms. The smallest absolute Gasteiger partial charge is 0.162 e. The molecule has 0 aromatic rings.